The highest BCUT2D eigenvalue weighted by molar-refractivity contribution is 5.94. The highest BCUT2D eigenvalue weighted by Gasteiger charge is 2.15. The van der Waals surface area contributed by atoms with Gasteiger partial charge < -0.3 is 24.9 Å². The van der Waals surface area contributed by atoms with Gasteiger partial charge in [-0.25, -0.2) is 0 Å². The third-order valence-electron chi connectivity index (χ3n) is 5.92. The normalized spacial score (nSPS) is 11.9. The van der Waals surface area contributed by atoms with Crippen LogP contribution in [0.15, 0.2) is 83.3 Å². The van der Waals surface area contributed by atoms with E-state index in [4.69, 9.17) is 14.3 Å². The number of nitrogens with one attached hydrogen (secondary N) is 2. The van der Waals surface area contributed by atoms with E-state index in [0.29, 0.717) is 18.1 Å². The summed E-state index contributed by atoms with van der Waals surface area (Å²) in [5.41, 5.74) is 3.21. The lowest BCUT2D eigenvalue weighted by Gasteiger charge is -2.24. The molecule has 3 N–H and O–H groups in total. The second kappa shape index (κ2) is 11.4. The van der Waals surface area contributed by atoms with E-state index < -0.39 is 5.97 Å². The summed E-state index contributed by atoms with van der Waals surface area (Å²) in [5, 5.41) is 15.8. The van der Waals surface area contributed by atoms with E-state index in [9.17, 15) is 9.59 Å². The maximum absolute atomic E-state index is 12.1. The van der Waals surface area contributed by atoms with Crippen LogP contribution in [0, 0.1) is 5.92 Å². The fraction of sp³-hybridized carbons (Fsp3) is 0.241. The van der Waals surface area contributed by atoms with Crippen LogP contribution in [0.3, 0.4) is 0 Å². The molecule has 0 aliphatic rings. The minimum Gasteiger partial charge on any atom is -0.491 e. The molecule has 1 amide bonds. The number of carbonyl (C=O) groups excluding carboxylic acids is 1. The fourth-order valence-electron chi connectivity index (χ4n) is 3.74. The third-order valence-corrected chi connectivity index (χ3v) is 5.92. The number of para-hydroxylation sites is 1. The summed E-state index contributed by atoms with van der Waals surface area (Å²) < 4.78 is 12.0. The first-order chi connectivity index (χ1) is 17.4. The molecule has 4 rings (SSSR count). The first kappa shape index (κ1) is 24.9. The molecule has 4 aromatic rings. The molecule has 0 aliphatic heterocycles. The van der Waals surface area contributed by atoms with Gasteiger partial charge in [0, 0.05) is 28.7 Å². The van der Waals surface area contributed by atoms with Crippen molar-refractivity contribution in [3.05, 3.63) is 84.4 Å². The zero-order valence-corrected chi connectivity index (χ0v) is 20.4. The van der Waals surface area contributed by atoms with E-state index in [0.717, 1.165) is 33.7 Å². The number of carboxylic acid groups (broad SMARTS) is 1. The number of fused-ring (bicyclic) bond motifs is 1. The van der Waals surface area contributed by atoms with Crippen LogP contribution in [0.2, 0.25) is 0 Å². The molecule has 0 aliphatic carbocycles. The first-order valence-corrected chi connectivity index (χ1v) is 12.0. The second-order valence-electron chi connectivity index (χ2n) is 8.96. The highest BCUT2D eigenvalue weighted by Crippen LogP contribution is 2.29. The van der Waals surface area contributed by atoms with Gasteiger partial charge in [0.05, 0.1) is 12.5 Å². The molecule has 3 aromatic carbocycles. The summed E-state index contributed by atoms with van der Waals surface area (Å²) in [6, 6.07) is 25.0. The van der Waals surface area contributed by atoms with Crippen LogP contribution in [0.5, 0.6) is 5.75 Å². The lowest BCUT2D eigenvalue weighted by atomic mass is 10.0. The Hall–Kier alpha value is -4.26. The van der Waals surface area contributed by atoms with E-state index in [-0.39, 0.29) is 24.9 Å². The molecule has 36 heavy (non-hydrogen) atoms. The van der Waals surface area contributed by atoms with Crippen molar-refractivity contribution in [2.45, 2.75) is 26.3 Å². The number of hydrogen-bond donors (Lipinski definition) is 3. The van der Waals surface area contributed by atoms with Crippen molar-refractivity contribution in [1.29, 1.82) is 0 Å². The Kier molecular flexibility index (Phi) is 7.90. The molecule has 186 valence electrons. The van der Waals surface area contributed by atoms with Crippen LogP contribution in [0.4, 0.5) is 5.69 Å². The van der Waals surface area contributed by atoms with Crippen molar-refractivity contribution in [2.24, 2.45) is 5.92 Å². The van der Waals surface area contributed by atoms with Crippen molar-refractivity contribution in [2.75, 3.05) is 18.5 Å². The van der Waals surface area contributed by atoms with E-state index in [2.05, 4.69) is 24.5 Å². The number of carbonyl (C=O) groups is 2. The number of hydrogen-bond acceptors (Lipinski definition) is 5. The molecule has 0 saturated carbocycles. The van der Waals surface area contributed by atoms with Gasteiger partial charge in [-0.2, -0.15) is 0 Å². The maximum atomic E-state index is 12.1. The summed E-state index contributed by atoms with van der Waals surface area (Å²) in [7, 11) is 0. The molecule has 0 saturated heterocycles. The summed E-state index contributed by atoms with van der Waals surface area (Å²) in [6.07, 6.45) is -0.107. The molecule has 0 spiro atoms. The number of amides is 1. The quantitative estimate of drug-likeness (QED) is 0.247. The van der Waals surface area contributed by atoms with Gasteiger partial charge in [-0.1, -0.05) is 32.0 Å². The number of rotatable bonds is 11. The van der Waals surface area contributed by atoms with Gasteiger partial charge in [-0.3, -0.25) is 9.59 Å². The van der Waals surface area contributed by atoms with Gasteiger partial charge in [0.15, 0.2) is 0 Å². The van der Waals surface area contributed by atoms with Crippen molar-refractivity contribution in [3.8, 4) is 17.1 Å². The summed E-state index contributed by atoms with van der Waals surface area (Å²) >= 11 is 0. The molecule has 7 heteroatoms. The molecule has 7 nitrogen and oxygen atoms in total. The van der Waals surface area contributed by atoms with Crippen LogP contribution in [0.25, 0.3) is 22.3 Å². The van der Waals surface area contributed by atoms with Gasteiger partial charge >= 0.3 is 5.97 Å². The second-order valence-corrected chi connectivity index (χ2v) is 8.96. The van der Waals surface area contributed by atoms with E-state index in [1.54, 1.807) is 12.1 Å². The molecular weight excluding hydrogens is 456 g/mol. The molecule has 0 radical (unpaired) electrons. The van der Waals surface area contributed by atoms with Crippen molar-refractivity contribution in [3.63, 3.8) is 0 Å². The molecule has 1 aromatic heterocycles. The Morgan fingerprint density at radius 3 is 2.36 bits per heavy atom. The Labute approximate surface area is 210 Å². The van der Waals surface area contributed by atoms with Gasteiger partial charge in [0.1, 0.15) is 23.7 Å². The van der Waals surface area contributed by atoms with Crippen LogP contribution in [-0.2, 0) is 4.79 Å². The summed E-state index contributed by atoms with van der Waals surface area (Å²) in [5.74, 6) is 0.662. The number of ether oxygens (including phenoxy) is 1. The van der Waals surface area contributed by atoms with Crippen LogP contribution in [0.1, 0.15) is 30.6 Å². The summed E-state index contributed by atoms with van der Waals surface area (Å²) in [6.45, 7) is 4.81. The molecule has 1 heterocycles. The van der Waals surface area contributed by atoms with Crippen LogP contribution < -0.4 is 15.4 Å². The number of carboxylic acids is 1. The number of anilines is 1. The average Bonchev–Trinajstić information content (AvgIpc) is 3.31. The van der Waals surface area contributed by atoms with Crippen LogP contribution >= 0.6 is 0 Å². The monoisotopic (exact) mass is 486 g/mol. The number of benzene rings is 3. The molecule has 0 fully saturated rings. The Balaban J connectivity index is 1.32. The van der Waals surface area contributed by atoms with Gasteiger partial charge in [0.2, 0.25) is 0 Å². The highest BCUT2D eigenvalue weighted by atomic mass is 16.5. The van der Waals surface area contributed by atoms with Gasteiger partial charge in [-0.05, 0) is 66.6 Å². The summed E-state index contributed by atoms with van der Waals surface area (Å²) in [4.78, 5) is 22.7. The Bertz CT molecular complexity index is 1280. The zero-order valence-electron chi connectivity index (χ0n) is 20.4. The Morgan fingerprint density at radius 2 is 1.69 bits per heavy atom. The third kappa shape index (κ3) is 6.44. The van der Waals surface area contributed by atoms with Gasteiger partial charge in [0.25, 0.3) is 5.91 Å². The molecule has 1 atom stereocenters. The average molecular weight is 487 g/mol. The maximum Gasteiger partial charge on any atom is 0.305 e. The smallest absolute Gasteiger partial charge is 0.305 e. The number of aliphatic carboxylic acids is 1. The van der Waals surface area contributed by atoms with Crippen molar-refractivity contribution in [1.82, 2.24) is 5.32 Å². The molecule has 0 unspecified atom stereocenters. The van der Waals surface area contributed by atoms with Crippen molar-refractivity contribution < 1.29 is 23.8 Å². The zero-order chi connectivity index (χ0) is 25.5. The van der Waals surface area contributed by atoms with E-state index >= 15 is 0 Å². The predicted molar refractivity (Wildman–Crippen MR) is 140 cm³/mol. The Morgan fingerprint density at radius 1 is 0.972 bits per heavy atom. The van der Waals surface area contributed by atoms with E-state index in [1.165, 1.54) is 0 Å². The fourth-order valence-corrected chi connectivity index (χ4v) is 3.74. The lowest BCUT2D eigenvalue weighted by molar-refractivity contribution is -0.136. The molecule has 0 bridgehead atoms. The van der Waals surface area contributed by atoms with Crippen molar-refractivity contribution >= 4 is 28.5 Å². The number of furan rings is 1. The molecular formula is C29H30N2O5. The topological polar surface area (TPSA) is 101 Å². The van der Waals surface area contributed by atoms with E-state index in [1.807, 2.05) is 66.7 Å². The largest absolute Gasteiger partial charge is 0.491 e. The lowest BCUT2D eigenvalue weighted by Crippen LogP contribution is -2.32. The standard InChI is InChI=1S/C29H30N2O5/c1-19(2)25(31-23-11-7-21(8-12-23)29(34)30-16-15-28(32)33)18-35-24-13-9-20(10-14-24)27-17-22-5-3-4-6-26(22)36-27/h3-14,17,19,25,31H,15-16,18H2,1-2H3,(H,30,34)(H,32,33)/t25-/m0/s1. The minimum absolute atomic E-state index is 0.0512. The predicted octanol–water partition coefficient (Wildman–Crippen LogP) is 5.82. The minimum atomic E-state index is -0.945. The van der Waals surface area contributed by atoms with Crippen LogP contribution in [-0.4, -0.2) is 36.2 Å². The van der Waals surface area contributed by atoms with Gasteiger partial charge in [-0.15, -0.1) is 0 Å². The SMILES string of the molecule is CC(C)[C@H](COc1ccc(-c2cc3ccccc3o2)cc1)Nc1ccc(C(=O)NCCC(=O)O)cc1. The first-order valence-electron chi connectivity index (χ1n) is 12.0.